The smallest absolute Gasteiger partial charge is 0.122 e. The molecule has 3 heteroatoms. The lowest BCUT2D eigenvalue weighted by molar-refractivity contribution is 0.0984. The molecule has 0 amide bonds. The number of likely N-dealkylation sites (N-methyl/N-ethyl adjacent to an activating group) is 1. The first kappa shape index (κ1) is 12.9. The summed E-state index contributed by atoms with van der Waals surface area (Å²) < 4.78 is 11.5. The average molecular weight is 261 g/mol. The number of benzene rings is 1. The summed E-state index contributed by atoms with van der Waals surface area (Å²) >= 11 is 0. The van der Waals surface area contributed by atoms with Crippen molar-refractivity contribution in [3.63, 3.8) is 0 Å². The van der Waals surface area contributed by atoms with Gasteiger partial charge in [-0.15, -0.1) is 0 Å². The Labute approximate surface area is 115 Å². The van der Waals surface area contributed by atoms with Crippen LogP contribution in [0, 0.1) is 0 Å². The van der Waals surface area contributed by atoms with E-state index < -0.39 is 0 Å². The molecule has 3 unspecified atom stereocenters. The normalized spacial score (nSPS) is 27.0. The third kappa shape index (κ3) is 2.77. The van der Waals surface area contributed by atoms with Crippen LogP contribution in [-0.4, -0.2) is 32.4 Å². The van der Waals surface area contributed by atoms with Crippen molar-refractivity contribution < 1.29 is 9.47 Å². The van der Waals surface area contributed by atoms with Gasteiger partial charge in [-0.3, -0.25) is 0 Å². The van der Waals surface area contributed by atoms with Crippen LogP contribution >= 0.6 is 0 Å². The van der Waals surface area contributed by atoms with E-state index in [2.05, 4.69) is 30.6 Å². The van der Waals surface area contributed by atoms with E-state index in [1.54, 1.807) is 0 Å². The van der Waals surface area contributed by atoms with Crippen LogP contribution in [0.3, 0.4) is 0 Å². The van der Waals surface area contributed by atoms with Gasteiger partial charge < -0.3 is 14.8 Å². The highest BCUT2D eigenvalue weighted by atomic mass is 16.5. The molecule has 3 nitrogen and oxygen atoms in total. The molecule has 1 aromatic rings. The van der Waals surface area contributed by atoms with Gasteiger partial charge in [0, 0.05) is 24.1 Å². The van der Waals surface area contributed by atoms with E-state index >= 15 is 0 Å². The molecule has 3 atom stereocenters. The second-order valence-electron chi connectivity index (χ2n) is 5.56. The molecule has 1 N–H and O–H groups in total. The summed E-state index contributed by atoms with van der Waals surface area (Å²) in [7, 11) is 2.06. The minimum absolute atomic E-state index is 0.475. The van der Waals surface area contributed by atoms with Gasteiger partial charge in [0.1, 0.15) is 5.75 Å². The molecule has 2 aliphatic rings. The summed E-state index contributed by atoms with van der Waals surface area (Å²) in [5.74, 6) is 1.53. The van der Waals surface area contributed by atoms with Crippen LogP contribution in [0.4, 0.5) is 0 Å². The van der Waals surface area contributed by atoms with Gasteiger partial charge in [-0.1, -0.05) is 18.2 Å². The van der Waals surface area contributed by atoms with E-state index in [1.807, 2.05) is 6.07 Å². The fourth-order valence-electron chi connectivity index (χ4n) is 3.30. The third-order valence-corrected chi connectivity index (χ3v) is 4.42. The van der Waals surface area contributed by atoms with Crippen molar-refractivity contribution in [2.75, 3.05) is 20.3 Å². The molecule has 104 valence electrons. The molecule has 0 spiro atoms. The van der Waals surface area contributed by atoms with Crippen molar-refractivity contribution in [3.05, 3.63) is 29.8 Å². The maximum Gasteiger partial charge on any atom is 0.122 e. The molecule has 1 saturated heterocycles. The molecule has 0 radical (unpaired) electrons. The van der Waals surface area contributed by atoms with Gasteiger partial charge in [-0.05, 0) is 38.8 Å². The number of para-hydroxylation sites is 1. The fraction of sp³-hybridized carbons (Fsp3) is 0.625. The van der Waals surface area contributed by atoms with Crippen molar-refractivity contribution >= 4 is 0 Å². The lowest BCUT2D eigenvalue weighted by Gasteiger charge is -2.23. The number of fused-ring (bicyclic) bond motifs is 1. The van der Waals surface area contributed by atoms with Crippen LogP contribution in [0.2, 0.25) is 0 Å². The van der Waals surface area contributed by atoms with Crippen molar-refractivity contribution in [2.24, 2.45) is 0 Å². The Hall–Kier alpha value is -1.06. The fourth-order valence-corrected chi connectivity index (χ4v) is 3.30. The molecule has 19 heavy (non-hydrogen) atoms. The lowest BCUT2D eigenvalue weighted by atomic mass is 9.89. The second-order valence-corrected chi connectivity index (χ2v) is 5.56. The predicted octanol–water partition coefficient (Wildman–Crippen LogP) is 2.71. The van der Waals surface area contributed by atoms with Gasteiger partial charge in [-0.25, -0.2) is 0 Å². The van der Waals surface area contributed by atoms with Crippen molar-refractivity contribution in [1.29, 1.82) is 0 Å². The maximum absolute atomic E-state index is 5.79. The number of rotatable bonds is 5. The van der Waals surface area contributed by atoms with Crippen molar-refractivity contribution in [1.82, 2.24) is 5.32 Å². The van der Waals surface area contributed by atoms with Crippen LogP contribution in [0.5, 0.6) is 5.75 Å². The molecule has 0 aliphatic carbocycles. The summed E-state index contributed by atoms with van der Waals surface area (Å²) in [4.78, 5) is 0. The molecular formula is C16H23NO2. The summed E-state index contributed by atoms with van der Waals surface area (Å²) in [6, 6.07) is 8.90. The topological polar surface area (TPSA) is 30.5 Å². The maximum atomic E-state index is 5.79. The van der Waals surface area contributed by atoms with Crippen LogP contribution in [0.1, 0.15) is 37.2 Å². The molecule has 2 aliphatic heterocycles. The summed E-state index contributed by atoms with van der Waals surface area (Å²) in [6.45, 7) is 1.75. The van der Waals surface area contributed by atoms with Gasteiger partial charge in [0.25, 0.3) is 0 Å². The first-order valence-electron chi connectivity index (χ1n) is 7.39. The summed E-state index contributed by atoms with van der Waals surface area (Å²) in [5.41, 5.74) is 1.36. The van der Waals surface area contributed by atoms with E-state index in [9.17, 15) is 0 Å². The van der Waals surface area contributed by atoms with Crippen molar-refractivity contribution in [3.8, 4) is 5.75 Å². The van der Waals surface area contributed by atoms with E-state index in [-0.39, 0.29) is 0 Å². The van der Waals surface area contributed by atoms with Gasteiger partial charge in [-0.2, -0.15) is 0 Å². The van der Waals surface area contributed by atoms with E-state index in [0.29, 0.717) is 18.1 Å². The number of ether oxygens (including phenoxy) is 2. The second kappa shape index (κ2) is 5.93. The number of hydrogen-bond acceptors (Lipinski definition) is 3. The SMILES string of the molecule is CNC(CCC1CCCO1)C1COc2ccccc21. The zero-order chi connectivity index (χ0) is 13.1. The minimum atomic E-state index is 0.475. The molecule has 0 saturated carbocycles. The van der Waals surface area contributed by atoms with Crippen LogP contribution in [-0.2, 0) is 4.74 Å². The zero-order valence-electron chi connectivity index (χ0n) is 11.6. The first-order valence-corrected chi connectivity index (χ1v) is 7.39. The average Bonchev–Trinajstić information content (AvgIpc) is 3.09. The van der Waals surface area contributed by atoms with E-state index in [4.69, 9.17) is 9.47 Å². The third-order valence-electron chi connectivity index (χ3n) is 4.42. The Morgan fingerprint density at radius 1 is 1.37 bits per heavy atom. The monoisotopic (exact) mass is 261 g/mol. The minimum Gasteiger partial charge on any atom is -0.493 e. The Kier molecular flexibility index (Phi) is 4.04. The van der Waals surface area contributed by atoms with Gasteiger partial charge in [0.2, 0.25) is 0 Å². The molecule has 3 rings (SSSR count). The van der Waals surface area contributed by atoms with Gasteiger partial charge >= 0.3 is 0 Å². The number of nitrogens with one attached hydrogen (secondary N) is 1. The Balaban J connectivity index is 1.62. The highest BCUT2D eigenvalue weighted by Crippen LogP contribution is 2.37. The molecular weight excluding hydrogens is 238 g/mol. The van der Waals surface area contributed by atoms with Crippen LogP contribution in [0.15, 0.2) is 24.3 Å². The quantitative estimate of drug-likeness (QED) is 0.884. The van der Waals surface area contributed by atoms with Crippen LogP contribution < -0.4 is 10.1 Å². The molecule has 0 aromatic heterocycles. The Bertz CT molecular complexity index is 415. The van der Waals surface area contributed by atoms with Gasteiger partial charge in [0.15, 0.2) is 0 Å². The Morgan fingerprint density at radius 3 is 3.05 bits per heavy atom. The highest BCUT2D eigenvalue weighted by Gasteiger charge is 2.30. The molecule has 0 bridgehead atoms. The summed E-state index contributed by atoms with van der Waals surface area (Å²) in [5, 5.41) is 3.47. The largest absolute Gasteiger partial charge is 0.493 e. The van der Waals surface area contributed by atoms with E-state index in [0.717, 1.165) is 31.8 Å². The standard InChI is InChI=1S/C16H23NO2/c1-17-15(9-8-12-5-4-10-18-12)14-11-19-16-7-3-2-6-13(14)16/h2-3,6-7,12,14-15,17H,4-5,8-11H2,1H3. The van der Waals surface area contributed by atoms with Crippen LogP contribution in [0.25, 0.3) is 0 Å². The van der Waals surface area contributed by atoms with Crippen molar-refractivity contribution in [2.45, 2.75) is 43.7 Å². The zero-order valence-corrected chi connectivity index (χ0v) is 11.6. The highest BCUT2D eigenvalue weighted by molar-refractivity contribution is 5.40. The number of hydrogen-bond donors (Lipinski definition) is 1. The molecule has 2 heterocycles. The summed E-state index contributed by atoms with van der Waals surface area (Å²) in [6.07, 6.45) is 5.25. The lowest BCUT2D eigenvalue weighted by Crippen LogP contribution is -2.33. The predicted molar refractivity (Wildman–Crippen MR) is 75.7 cm³/mol. The van der Waals surface area contributed by atoms with Gasteiger partial charge in [0.05, 0.1) is 12.7 Å². The Morgan fingerprint density at radius 2 is 2.26 bits per heavy atom. The van der Waals surface area contributed by atoms with E-state index in [1.165, 1.54) is 18.4 Å². The first-order chi connectivity index (χ1) is 9.38. The molecule has 1 fully saturated rings. The molecule has 1 aromatic carbocycles.